The van der Waals surface area contributed by atoms with Gasteiger partial charge in [-0.15, -0.1) is 24.8 Å². The molecule has 2 atom stereocenters. The van der Waals surface area contributed by atoms with Crippen LogP contribution in [0.1, 0.15) is 37.7 Å². The zero-order valence-corrected chi connectivity index (χ0v) is 18.8. The maximum absolute atomic E-state index is 13.0. The van der Waals surface area contributed by atoms with Crippen molar-refractivity contribution in [3.63, 3.8) is 0 Å². The molecule has 0 unspecified atom stereocenters. The van der Waals surface area contributed by atoms with Crippen molar-refractivity contribution in [2.75, 3.05) is 24.5 Å². The van der Waals surface area contributed by atoms with E-state index in [-0.39, 0.29) is 55.2 Å². The summed E-state index contributed by atoms with van der Waals surface area (Å²) in [6, 6.07) is 3.77. The number of nitrogens with zero attached hydrogens (tertiary/aromatic N) is 3. The molecule has 0 amide bonds. The second-order valence-corrected chi connectivity index (χ2v) is 8.04. The number of Topliss-reactive ketones (excluding diaryl/α,β-unsaturated/α-hetero) is 1. The number of carbonyl (C=O) groups is 1. The van der Waals surface area contributed by atoms with E-state index >= 15 is 0 Å². The highest BCUT2D eigenvalue weighted by Crippen LogP contribution is 2.25. The van der Waals surface area contributed by atoms with Crippen LogP contribution in [0, 0.1) is 6.92 Å². The van der Waals surface area contributed by atoms with Gasteiger partial charge in [0.25, 0.3) is 5.56 Å². The highest BCUT2D eigenvalue weighted by molar-refractivity contribution is 5.86. The summed E-state index contributed by atoms with van der Waals surface area (Å²) in [5.41, 5.74) is 2.55. The van der Waals surface area contributed by atoms with Gasteiger partial charge in [-0.25, -0.2) is 4.98 Å². The van der Waals surface area contributed by atoms with Crippen LogP contribution in [0.4, 0.5) is 5.69 Å². The van der Waals surface area contributed by atoms with Crippen molar-refractivity contribution in [2.45, 2.75) is 57.7 Å². The molecular formula is C21H30Cl2N4O3. The van der Waals surface area contributed by atoms with Crippen molar-refractivity contribution >= 4 is 47.2 Å². The number of piperidine rings is 1. The van der Waals surface area contributed by atoms with Crippen LogP contribution in [-0.2, 0) is 11.3 Å². The second kappa shape index (κ2) is 10.6. The summed E-state index contributed by atoms with van der Waals surface area (Å²) in [5.74, 6) is -0.0749. The predicted molar refractivity (Wildman–Crippen MR) is 123 cm³/mol. The summed E-state index contributed by atoms with van der Waals surface area (Å²) in [7, 11) is 0. The van der Waals surface area contributed by atoms with Gasteiger partial charge in [0.2, 0.25) is 0 Å². The van der Waals surface area contributed by atoms with Crippen LogP contribution in [-0.4, -0.2) is 52.2 Å². The van der Waals surface area contributed by atoms with Crippen LogP contribution >= 0.6 is 24.8 Å². The number of hydrogen-bond acceptors (Lipinski definition) is 6. The summed E-state index contributed by atoms with van der Waals surface area (Å²) < 4.78 is 1.40. The summed E-state index contributed by atoms with van der Waals surface area (Å²) in [4.78, 5) is 32.3. The van der Waals surface area contributed by atoms with E-state index in [1.165, 1.54) is 23.7 Å². The van der Waals surface area contributed by atoms with Crippen molar-refractivity contribution in [1.82, 2.24) is 14.9 Å². The lowest BCUT2D eigenvalue weighted by Gasteiger charge is -2.28. The van der Waals surface area contributed by atoms with Crippen molar-refractivity contribution in [3.8, 4) is 0 Å². The third-order valence-electron chi connectivity index (χ3n) is 5.92. The molecule has 2 aliphatic heterocycles. The van der Waals surface area contributed by atoms with Crippen LogP contribution in [0.3, 0.4) is 0 Å². The highest BCUT2D eigenvalue weighted by Gasteiger charge is 2.25. The van der Waals surface area contributed by atoms with Crippen molar-refractivity contribution in [2.24, 2.45) is 0 Å². The average Bonchev–Trinajstić information content (AvgIpc) is 3.21. The number of nitrogens with one attached hydrogen (secondary N) is 1. The van der Waals surface area contributed by atoms with Crippen LogP contribution in [0.5, 0.6) is 0 Å². The topological polar surface area (TPSA) is 87.5 Å². The molecule has 2 saturated heterocycles. The van der Waals surface area contributed by atoms with Crippen LogP contribution in [0.25, 0.3) is 10.9 Å². The molecule has 3 heterocycles. The first-order chi connectivity index (χ1) is 13.5. The van der Waals surface area contributed by atoms with E-state index < -0.39 is 6.10 Å². The number of carbonyl (C=O) groups excluding carboxylic acids is 1. The molecule has 2 aliphatic rings. The molecule has 2 aromatic rings. The minimum absolute atomic E-state index is 0. The summed E-state index contributed by atoms with van der Waals surface area (Å²) in [6.07, 6.45) is 5.15. The van der Waals surface area contributed by atoms with E-state index in [1.54, 1.807) is 0 Å². The third kappa shape index (κ3) is 5.14. The predicted octanol–water partition coefficient (Wildman–Crippen LogP) is 2.22. The molecule has 1 aromatic carbocycles. The molecule has 1 aromatic heterocycles. The lowest BCUT2D eigenvalue weighted by molar-refractivity contribution is -0.121. The number of aromatic nitrogens is 2. The average molecular weight is 457 g/mol. The van der Waals surface area contributed by atoms with Crippen LogP contribution < -0.4 is 15.8 Å². The molecule has 0 saturated carbocycles. The van der Waals surface area contributed by atoms with Crippen molar-refractivity contribution < 1.29 is 9.90 Å². The molecule has 0 radical (unpaired) electrons. The van der Waals surface area contributed by atoms with Gasteiger partial charge in [-0.1, -0.05) is 0 Å². The van der Waals surface area contributed by atoms with Crippen LogP contribution in [0.15, 0.2) is 23.3 Å². The molecule has 2 N–H and O–H groups in total. The lowest BCUT2D eigenvalue weighted by atomic mass is 9.97. The van der Waals surface area contributed by atoms with Gasteiger partial charge in [-0.3, -0.25) is 14.2 Å². The Morgan fingerprint density at radius 2 is 1.97 bits per heavy atom. The second-order valence-electron chi connectivity index (χ2n) is 8.04. The Hall–Kier alpha value is -1.67. The number of fused-ring (bicyclic) bond motifs is 1. The Labute approximate surface area is 188 Å². The van der Waals surface area contributed by atoms with Gasteiger partial charge in [-0.05, 0) is 56.8 Å². The largest absolute Gasteiger partial charge is 0.391 e. The Morgan fingerprint density at radius 1 is 1.23 bits per heavy atom. The maximum atomic E-state index is 13.0. The Balaban J connectivity index is 0.00000160. The number of aliphatic hydroxyl groups is 1. The zero-order chi connectivity index (χ0) is 19.7. The molecule has 2 fully saturated rings. The smallest absolute Gasteiger partial charge is 0.261 e. The Bertz CT molecular complexity index is 944. The number of benzene rings is 1. The van der Waals surface area contributed by atoms with Gasteiger partial charge in [0.1, 0.15) is 0 Å². The zero-order valence-electron chi connectivity index (χ0n) is 17.2. The molecule has 7 nitrogen and oxygen atoms in total. The lowest BCUT2D eigenvalue weighted by Crippen LogP contribution is -2.46. The molecule has 0 aliphatic carbocycles. The molecule has 9 heteroatoms. The van der Waals surface area contributed by atoms with Crippen molar-refractivity contribution in [3.05, 3.63) is 34.4 Å². The molecule has 0 spiro atoms. The Kier molecular flexibility index (Phi) is 8.67. The molecule has 0 bridgehead atoms. The van der Waals surface area contributed by atoms with E-state index in [0.717, 1.165) is 37.3 Å². The summed E-state index contributed by atoms with van der Waals surface area (Å²) in [6.45, 7) is 4.79. The first-order valence-corrected chi connectivity index (χ1v) is 10.2. The highest BCUT2D eigenvalue weighted by atomic mass is 35.5. The number of anilines is 1. The standard InChI is InChI=1S/C21H28N4O3.2ClH/c1-14-9-15(24-7-2-3-8-24)10-17-20(14)23-13-25(21(17)28)12-16(26)11-18-19(27)5-4-6-22-18;;/h9-10,13,18-19,22,27H,2-8,11-12H2,1H3;2*1H/t18-,19+;;/m1../s1. The molecular weight excluding hydrogens is 427 g/mol. The van der Waals surface area contributed by atoms with Gasteiger partial charge >= 0.3 is 0 Å². The fourth-order valence-corrected chi connectivity index (χ4v) is 4.34. The summed E-state index contributed by atoms with van der Waals surface area (Å²) >= 11 is 0. The van der Waals surface area contributed by atoms with Gasteiger partial charge in [0.15, 0.2) is 5.78 Å². The van der Waals surface area contributed by atoms with E-state index in [2.05, 4.69) is 21.3 Å². The van der Waals surface area contributed by atoms with E-state index in [0.29, 0.717) is 17.3 Å². The van der Waals surface area contributed by atoms with E-state index in [1.807, 2.05) is 13.0 Å². The number of hydrogen-bond donors (Lipinski definition) is 2. The maximum Gasteiger partial charge on any atom is 0.261 e. The molecule has 166 valence electrons. The van der Waals surface area contributed by atoms with Gasteiger partial charge in [0, 0.05) is 31.2 Å². The SMILES string of the molecule is Cc1cc(N2CCCC2)cc2c(=O)n(CC(=O)C[C@H]3NCCC[C@@H]3O)cnc12.Cl.Cl. The Morgan fingerprint density at radius 3 is 2.67 bits per heavy atom. The number of ketones is 1. The quantitative estimate of drug-likeness (QED) is 0.716. The number of rotatable bonds is 5. The molecule has 30 heavy (non-hydrogen) atoms. The van der Waals surface area contributed by atoms with Crippen LogP contribution in [0.2, 0.25) is 0 Å². The van der Waals surface area contributed by atoms with E-state index in [4.69, 9.17) is 0 Å². The third-order valence-corrected chi connectivity index (χ3v) is 5.92. The minimum atomic E-state index is -0.505. The van der Waals surface area contributed by atoms with Crippen molar-refractivity contribution in [1.29, 1.82) is 0 Å². The monoisotopic (exact) mass is 456 g/mol. The first-order valence-electron chi connectivity index (χ1n) is 10.2. The number of aryl methyl sites for hydroxylation is 1. The minimum Gasteiger partial charge on any atom is -0.391 e. The number of aliphatic hydroxyl groups excluding tert-OH is 1. The molecule has 4 rings (SSSR count). The first kappa shape index (κ1) is 24.6. The van der Waals surface area contributed by atoms with E-state index in [9.17, 15) is 14.7 Å². The summed E-state index contributed by atoms with van der Waals surface area (Å²) in [5, 5.41) is 13.8. The normalized spacial score (nSPS) is 21.2. The van der Waals surface area contributed by atoms with Gasteiger partial charge < -0.3 is 15.3 Å². The van der Waals surface area contributed by atoms with Gasteiger partial charge in [0.05, 0.1) is 29.9 Å². The number of halogens is 2. The fraction of sp³-hybridized carbons (Fsp3) is 0.571. The van der Waals surface area contributed by atoms with Gasteiger partial charge in [-0.2, -0.15) is 0 Å². The fourth-order valence-electron chi connectivity index (χ4n) is 4.34.